The number of fused-ring (bicyclic) bond motifs is 1. The second-order valence-corrected chi connectivity index (χ2v) is 10.3. The summed E-state index contributed by atoms with van der Waals surface area (Å²) in [5.41, 5.74) is 3.72. The normalized spacial score (nSPS) is 17.4. The van der Waals surface area contributed by atoms with E-state index in [9.17, 15) is 4.79 Å². The molecular formula is C28H47IN2O. The Morgan fingerprint density at radius 3 is 2.44 bits per heavy atom. The van der Waals surface area contributed by atoms with Gasteiger partial charge in [-0.1, -0.05) is 45.1 Å². The summed E-state index contributed by atoms with van der Waals surface area (Å²) in [5.74, 6) is 1.17. The van der Waals surface area contributed by atoms with Crippen molar-refractivity contribution in [1.82, 2.24) is 10.2 Å². The maximum Gasteiger partial charge on any atom is 0.162 e. The Morgan fingerprint density at radius 2 is 1.84 bits per heavy atom. The zero-order chi connectivity index (χ0) is 23.6. The molecule has 0 saturated carbocycles. The van der Waals surface area contributed by atoms with Gasteiger partial charge in [0.1, 0.15) is 0 Å². The molecule has 32 heavy (non-hydrogen) atoms. The number of benzene rings is 1. The van der Waals surface area contributed by atoms with E-state index in [1.165, 1.54) is 50.0 Å². The van der Waals surface area contributed by atoms with Crippen molar-refractivity contribution in [2.24, 2.45) is 5.92 Å². The Labute approximate surface area is 208 Å². The number of nitrogens with zero attached hydrogens (tertiary/aromatic N) is 1. The van der Waals surface area contributed by atoms with Gasteiger partial charge in [0, 0.05) is 12.0 Å². The second kappa shape index (κ2) is 18.6. The van der Waals surface area contributed by atoms with Crippen molar-refractivity contribution in [2.45, 2.75) is 72.6 Å². The molecule has 4 heteroatoms. The van der Waals surface area contributed by atoms with E-state index < -0.39 is 0 Å². The molecule has 2 aliphatic heterocycles. The van der Waals surface area contributed by atoms with Crippen molar-refractivity contribution >= 4 is 30.5 Å². The van der Waals surface area contributed by atoms with Gasteiger partial charge in [0.2, 0.25) is 0 Å². The molecule has 0 unspecified atom stereocenters. The minimum absolute atomic E-state index is 0.334. The van der Waals surface area contributed by atoms with Crippen molar-refractivity contribution in [2.75, 3.05) is 37.7 Å². The number of carbonyl (C=O) groups excluding carboxylic acids is 1. The molecule has 0 amide bonds. The van der Waals surface area contributed by atoms with Gasteiger partial charge in [0.05, 0.1) is 0 Å². The van der Waals surface area contributed by atoms with Crippen LogP contribution in [0.15, 0.2) is 30.4 Å². The summed E-state index contributed by atoms with van der Waals surface area (Å²) in [6, 6.07) is 6.38. The average molecular weight is 555 g/mol. The molecule has 1 fully saturated rings. The van der Waals surface area contributed by atoms with Crippen LogP contribution in [-0.2, 0) is 12.8 Å². The number of Topliss-reactive ketones (excluding diaryl/α,β-unsaturated/α-hetero) is 1. The quantitative estimate of drug-likeness (QED) is 0.239. The number of allylic oxidation sites excluding steroid dienone is 2. The van der Waals surface area contributed by atoms with Crippen molar-refractivity contribution in [3.05, 3.63) is 47.0 Å². The smallest absolute Gasteiger partial charge is 0.162 e. The minimum Gasteiger partial charge on any atom is -0.316 e. The number of hydrogen-bond acceptors (Lipinski definition) is 3. The van der Waals surface area contributed by atoms with Crippen LogP contribution in [0.5, 0.6) is 0 Å². The first kappa shape index (κ1) is 29.2. The Bertz CT molecular complexity index is 681. The van der Waals surface area contributed by atoms with Gasteiger partial charge in [0.15, 0.2) is 5.78 Å². The zero-order valence-electron chi connectivity index (χ0n) is 21.3. The average Bonchev–Trinajstić information content (AvgIpc) is 3.09. The molecule has 0 spiro atoms. The van der Waals surface area contributed by atoms with Crippen molar-refractivity contribution in [1.29, 1.82) is 0 Å². The first-order chi connectivity index (χ1) is 15.7. The molecule has 0 atom stereocenters. The largest absolute Gasteiger partial charge is 0.316 e. The Hall–Kier alpha value is -0.850. The number of alkyl halides is 1. The molecule has 0 bridgehead atoms. The van der Waals surface area contributed by atoms with E-state index in [2.05, 4.69) is 50.4 Å². The first-order valence-electron chi connectivity index (χ1n) is 12.7. The number of likely N-dealkylation sites (tertiary alicyclic amines) is 1. The molecule has 3 rings (SSSR count). The Balaban J connectivity index is 0.000000556. The SMILES string of the molecule is C/C=C\C=IC.CC.CCN1CCC(CCCC(=O)c2ccc3c(c2)CCNCC3)CC1. The third-order valence-electron chi connectivity index (χ3n) is 6.23. The lowest BCUT2D eigenvalue weighted by molar-refractivity contribution is 0.0974. The van der Waals surface area contributed by atoms with Gasteiger partial charge in [0.25, 0.3) is 0 Å². The van der Waals surface area contributed by atoms with Gasteiger partial charge in [-0.25, -0.2) is 0 Å². The van der Waals surface area contributed by atoms with Crippen molar-refractivity contribution in [3.8, 4) is 0 Å². The Kier molecular flexibility index (Phi) is 16.9. The number of carbonyl (C=O) groups is 1. The van der Waals surface area contributed by atoms with E-state index in [1.54, 1.807) is 0 Å². The minimum atomic E-state index is 0.334. The van der Waals surface area contributed by atoms with Crippen molar-refractivity contribution < 1.29 is 4.79 Å². The fraction of sp³-hybridized carbons (Fsp3) is 0.643. The summed E-state index contributed by atoms with van der Waals surface area (Å²) in [6.45, 7) is 14.0. The van der Waals surface area contributed by atoms with Gasteiger partial charge >= 0.3 is 0 Å². The van der Waals surface area contributed by atoms with E-state index in [4.69, 9.17) is 0 Å². The van der Waals surface area contributed by atoms with Crippen LogP contribution in [0.1, 0.15) is 81.3 Å². The fourth-order valence-electron chi connectivity index (χ4n) is 4.28. The standard InChI is InChI=1S/C21H32N2O.C5H9I.C2H6/c1-2-23-14-10-17(11-15-23)4-3-5-21(24)20-7-6-18-8-12-22-13-9-19(18)16-20;1-3-4-5-6-2;1-2/h6-7,16-17,22H,2-5,8-15H2,1H3;3-5H,1-2H3;1-2H3/b;4-3-;. The fourth-order valence-corrected chi connectivity index (χ4v) is 5.11. The number of rotatable bonds is 7. The zero-order valence-corrected chi connectivity index (χ0v) is 23.4. The molecule has 2 aliphatic rings. The topological polar surface area (TPSA) is 32.3 Å². The molecule has 0 aromatic heterocycles. The molecule has 2 heterocycles. The summed E-state index contributed by atoms with van der Waals surface area (Å²) in [6.07, 6.45) is 11.9. The van der Waals surface area contributed by atoms with Gasteiger partial charge < -0.3 is 10.2 Å². The van der Waals surface area contributed by atoms with Crippen LogP contribution >= 0.6 is 20.7 Å². The van der Waals surface area contributed by atoms with E-state index >= 15 is 0 Å². The van der Waals surface area contributed by atoms with E-state index in [0.717, 1.165) is 43.8 Å². The van der Waals surface area contributed by atoms with Crippen molar-refractivity contribution in [3.63, 3.8) is 0 Å². The van der Waals surface area contributed by atoms with Crippen LogP contribution in [0, 0.1) is 5.92 Å². The summed E-state index contributed by atoms with van der Waals surface area (Å²) in [5, 5.41) is 3.43. The van der Waals surface area contributed by atoms with Crippen LogP contribution in [0.25, 0.3) is 0 Å². The number of halogens is 1. The highest BCUT2D eigenvalue weighted by Crippen LogP contribution is 2.23. The third kappa shape index (κ3) is 11.3. The number of ketones is 1. The monoisotopic (exact) mass is 554 g/mol. The third-order valence-corrected chi connectivity index (χ3v) is 7.37. The molecule has 182 valence electrons. The molecule has 0 radical (unpaired) electrons. The van der Waals surface area contributed by atoms with Gasteiger partial charge in [-0.05, 0) is 110 Å². The second-order valence-electron chi connectivity index (χ2n) is 8.30. The van der Waals surface area contributed by atoms with E-state index in [0.29, 0.717) is 32.9 Å². The predicted molar refractivity (Wildman–Crippen MR) is 152 cm³/mol. The van der Waals surface area contributed by atoms with E-state index in [1.807, 2.05) is 26.8 Å². The van der Waals surface area contributed by atoms with Crippen LogP contribution in [0.3, 0.4) is 0 Å². The molecule has 0 aliphatic carbocycles. The summed E-state index contributed by atoms with van der Waals surface area (Å²) in [7, 11) is 0. The number of nitrogens with one attached hydrogen (secondary N) is 1. The van der Waals surface area contributed by atoms with Gasteiger partial charge in [-0.15, -0.1) is 20.7 Å². The lowest BCUT2D eigenvalue weighted by atomic mass is 9.90. The molecule has 1 N–H and O–H groups in total. The number of hydrogen-bond donors (Lipinski definition) is 1. The molecule has 1 aromatic rings. The highest BCUT2D eigenvalue weighted by molar-refractivity contribution is 14.2. The summed E-state index contributed by atoms with van der Waals surface area (Å²) in [4.78, 5) is 17.3. The van der Waals surface area contributed by atoms with Crippen LogP contribution in [0.2, 0.25) is 0 Å². The molecule has 3 nitrogen and oxygen atoms in total. The highest BCUT2D eigenvalue weighted by Gasteiger charge is 2.18. The van der Waals surface area contributed by atoms with Crippen LogP contribution < -0.4 is 5.32 Å². The summed E-state index contributed by atoms with van der Waals surface area (Å²) < 4.78 is 2.24. The van der Waals surface area contributed by atoms with Gasteiger partial charge in [-0.3, -0.25) is 4.79 Å². The first-order valence-corrected chi connectivity index (χ1v) is 16.1. The molecule has 1 saturated heterocycles. The summed E-state index contributed by atoms with van der Waals surface area (Å²) >= 11 is 0.389. The lowest BCUT2D eigenvalue weighted by Gasteiger charge is -2.30. The van der Waals surface area contributed by atoms with Crippen LogP contribution in [-0.4, -0.2) is 52.3 Å². The van der Waals surface area contributed by atoms with Crippen LogP contribution in [0.4, 0.5) is 0 Å². The Morgan fingerprint density at radius 1 is 1.16 bits per heavy atom. The lowest BCUT2D eigenvalue weighted by Crippen LogP contribution is -2.33. The molecular weight excluding hydrogens is 507 g/mol. The maximum absolute atomic E-state index is 12.5. The van der Waals surface area contributed by atoms with Gasteiger partial charge in [-0.2, -0.15) is 0 Å². The predicted octanol–water partition coefficient (Wildman–Crippen LogP) is 6.45. The number of piperidine rings is 1. The maximum atomic E-state index is 12.5. The highest BCUT2D eigenvalue weighted by atomic mass is 127. The molecule has 1 aromatic carbocycles. The van der Waals surface area contributed by atoms with E-state index in [-0.39, 0.29) is 0 Å².